The molecule has 1 amide bonds. The van der Waals surface area contributed by atoms with Crippen LogP contribution in [0.25, 0.3) is 0 Å². The topological polar surface area (TPSA) is 66.5 Å². The third-order valence-corrected chi connectivity index (χ3v) is 7.34. The van der Waals surface area contributed by atoms with Crippen LogP contribution in [0, 0.1) is 25.6 Å². The Morgan fingerprint density at radius 1 is 1.17 bits per heavy atom. The summed E-state index contributed by atoms with van der Waals surface area (Å²) in [5, 5.41) is 3.04. The number of nitrogens with one attached hydrogen (secondary N) is 1. The first kappa shape index (κ1) is 21.5. The number of sulfonamides is 1. The van der Waals surface area contributed by atoms with E-state index in [1.807, 2.05) is 32.9 Å². The van der Waals surface area contributed by atoms with Gasteiger partial charge < -0.3 is 5.32 Å². The predicted octanol–water partition coefficient (Wildman–Crippen LogP) is 3.72. The minimum atomic E-state index is -3.75. The van der Waals surface area contributed by atoms with Crippen molar-refractivity contribution in [1.82, 2.24) is 9.62 Å². The molecule has 7 heteroatoms. The standard InChI is InChI=1S/C22H27FN2O3S/c1-15-6-11-21(16(2)13-15)17(3)24-22(26)18-5-4-12-25(14-18)29(27,28)20-9-7-19(23)8-10-20/h6-11,13,17-18H,4-5,12,14H2,1-3H3,(H,24,26)/t17-,18-/m0/s1. The zero-order chi connectivity index (χ0) is 21.2. The van der Waals surface area contributed by atoms with Crippen molar-refractivity contribution in [3.63, 3.8) is 0 Å². The molecular formula is C22H27FN2O3S. The molecule has 0 unspecified atom stereocenters. The fourth-order valence-electron chi connectivity index (χ4n) is 3.85. The van der Waals surface area contributed by atoms with Gasteiger partial charge >= 0.3 is 0 Å². The molecule has 0 aliphatic carbocycles. The molecule has 1 aliphatic rings. The summed E-state index contributed by atoms with van der Waals surface area (Å²) in [5.41, 5.74) is 3.33. The van der Waals surface area contributed by atoms with E-state index in [9.17, 15) is 17.6 Å². The number of aryl methyl sites for hydroxylation is 2. The van der Waals surface area contributed by atoms with E-state index in [-0.39, 0.29) is 23.4 Å². The van der Waals surface area contributed by atoms with Crippen molar-refractivity contribution in [2.75, 3.05) is 13.1 Å². The summed E-state index contributed by atoms with van der Waals surface area (Å²) in [7, 11) is -3.75. The minimum Gasteiger partial charge on any atom is -0.349 e. The number of hydrogen-bond donors (Lipinski definition) is 1. The Hall–Kier alpha value is -2.25. The highest BCUT2D eigenvalue weighted by atomic mass is 32.2. The van der Waals surface area contributed by atoms with Gasteiger partial charge in [0, 0.05) is 13.1 Å². The van der Waals surface area contributed by atoms with Crippen molar-refractivity contribution in [2.45, 2.75) is 44.6 Å². The summed E-state index contributed by atoms with van der Waals surface area (Å²) >= 11 is 0. The SMILES string of the molecule is Cc1ccc([C@H](C)NC(=O)[C@H]2CCCN(S(=O)(=O)c3ccc(F)cc3)C2)c(C)c1. The molecule has 1 saturated heterocycles. The second-order valence-electron chi connectivity index (χ2n) is 7.75. The van der Waals surface area contributed by atoms with Crippen molar-refractivity contribution < 1.29 is 17.6 Å². The van der Waals surface area contributed by atoms with E-state index >= 15 is 0 Å². The molecule has 0 saturated carbocycles. The Balaban J connectivity index is 1.69. The first-order chi connectivity index (χ1) is 13.7. The van der Waals surface area contributed by atoms with Crippen molar-refractivity contribution in [3.05, 3.63) is 65.0 Å². The van der Waals surface area contributed by atoms with E-state index in [0.717, 1.165) is 23.3 Å². The molecule has 1 N–H and O–H groups in total. The Morgan fingerprint density at radius 3 is 2.52 bits per heavy atom. The van der Waals surface area contributed by atoms with Gasteiger partial charge in [-0.25, -0.2) is 12.8 Å². The maximum Gasteiger partial charge on any atom is 0.243 e. The fourth-order valence-corrected chi connectivity index (χ4v) is 5.37. The Labute approximate surface area is 172 Å². The van der Waals surface area contributed by atoms with Gasteiger partial charge in [-0.1, -0.05) is 23.8 Å². The number of hydrogen-bond acceptors (Lipinski definition) is 3. The number of amides is 1. The van der Waals surface area contributed by atoms with Crippen LogP contribution in [-0.4, -0.2) is 31.7 Å². The molecule has 5 nitrogen and oxygen atoms in total. The van der Waals surface area contributed by atoms with Crippen LogP contribution in [0.1, 0.15) is 42.5 Å². The van der Waals surface area contributed by atoms with E-state index < -0.39 is 21.8 Å². The Bertz CT molecular complexity index is 990. The summed E-state index contributed by atoms with van der Waals surface area (Å²) < 4.78 is 40.2. The first-order valence-corrected chi connectivity index (χ1v) is 11.3. The third kappa shape index (κ3) is 4.85. The van der Waals surface area contributed by atoms with E-state index in [1.54, 1.807) is 0 Å². The first-order valence-electron chi connectivity index (χ1n) is 9.81. The average molecular weight is 419 g/mol. The number of halogens is 1. The lowest BCUT2D eigenvalue weighted by atomic mass is 9.96. The van der Waals surface area contributed by atoms with Crippen LogP contribution >= 0.6 is 0 Å². The van der Waals surface area contributed by atoms with Crippen LogP contribution in [0.2, 0.25) is 0 Å². The molecule has 2 aromatic rings. The lowest BCUT2D eigenvalue weighted by Crippen LogP contribution is -2.45. The number of carbonyl (C=O) groups is 1. The van der Waals surface area contributed by atoms with Gasteiger partial charge in [0.15, 0.2) is 0 Å². The normalized spacial score (nSPS) is 19.0. The third-order valence-electron chi connectivity index (χ3n) is 5.46. The Morgan fingerprint density at radius 2 is 1.86 bits per heavy atom. The number of carbonyl (C=O) groups excluding carboxylic acids is 1. The van der Waals surface area contributed by atoms with Crippen molar-refractivity contribution in [2.24, 2.45) is 5.92 Å². The molecule has 29 heavy (non-hydrogen) atoms. The fraction of sp³-hybridized carbons (Fsp3) is 0.409. The summed E-state index contributed by atoms with van der Waals surface area (Å²) in [5.74, 6) is -1.04. The number of rotatable bonds is 5. The molecule has 156 valence electrons. The molecule has 2 atom stereocenters. The lowest BCUT2D eigenvalue weighted by molar-refractivity contribution is -0.126. The number of nitrogens with zero attached hydrogens (tertiary/aromatic N) is 1. The molecule has 0 bridgehead atoms. The van der Waals surface area contributed by atoms with Gasteiger partial charge in [-0.3, -0.25) is 4.79 Å². The molecule has 3 rings (SSSR count). The minimum absolute atomic E-state index is 0.0450. The smallest absolute Gasteiger partial charge is 0.243 e. The largest absolute Gasteiger partial charge is 0.349 e. The summed E-state index contributed by atoms with van der Waals surface area (Å²) in [6.07, 6.45) is 1.25. The van der Waals surface area contributed by atoms with Gasteiger partial charge in [-0.15, -0.1) is 0 Å². The number of piperidine rings is 1. The highest BCUT2D eigenvalue weighted by Crippen LogP contribution is 2.25. The van der Waals surface area contributed by atoms with Gasteiger partial charge in [-0.05, 0) is 69.0 Å². The maximum absolute atomic E-state index is 13.1. The second kappa shape index (κ2) is 8.63. The molecule has 1 fully saturated rings. The van der Waals surface area contributed by atoms with Crippen LogP contribution in [0.4, 0.5) is 4.39 Å². The Kier molecular flexibility index (Phi) is 6.39. The molecule has 2 aromatic carbocycles. The van der Waals surface area contributed by atoms with Crippen molar-refractivity contribution >= 4 is 15.9 Å². The quantitative estimate of drug-likeness (QED) is 0.805. The van der Waals surface area contributed by atoms with Crippen LogP contribution in [0.15, 0.2) is 47.4 Å². The van der Waals surface area contributed by atoms with Crippen LogP contribution < -0.4 is 5.32 Å². The molecule has 1 aliphatic heterocycles. The van der Waals surface area contributed by atoms with E-state index in [4.69, 9.17) is 0 Å². The van der Waals surface area contributed by atoms with Crippen molar-refractivity contribution in [1.29, 1.82) is 0 Å². The van der Waals surface area contributed by atoms with E-state index in [1.165, 1.54) is 22.0 Å². The summed E-state index contributed by atoms with van der Waals surface area (Å²) in [6.45, 7) is 6.47. The van der Waals surface area contributed by atoms with Crippen LogP contribution in [0.5, 0.6) is 0 Å². The maximum atomic E-state index is 13.1. The van der Waals surface area contributed by atoms with Gasteiger partial charge in [-0.2, -0.15) is 4.31 Å². The molecule has 0 spiro atoms. The summed E-state index contributed by atoms with van der Waals surface area (Å²) in [6, 6.07) is 10.7. The zero-order valence-corrected chi connectivity index (χ0v) is 17.8. The van der Waals surface area contributed by atoms with E-state index in [2.05, 4.69) is 11.4 Å². The molecular weight excluding hydrogens is 391 g/mol. The van der Waals surface area contributed by atoms with E-state index in [0.29, 0.717) is 19.4 Å². The predicted molar refractivity (Wildman–Crippen MR) is 110 cm³/mol. The van der Waals surface area contributed by atoms with Gasteiger partial charge in [0.25, 0.3) is 0 Å². The molecule has 0 aromatic heterocycles. The lowest BCUT2D eigenvalue weighted by Gasteiger charge is -2.32. The average Bonchev–Trinajstić information content (AvgIpc) is 2.68. The second-order valence-corrected chi connectivity index (χ2v) is 9.68. The molecule has 1 heterocycles. The highest BCUT2D eigenvalue weighted by molar-refractivity contribution is 7.89. The van der Waals surface area contributed by atoms with Gasteiger partial charge in [0.1, 0.15) is 5.82 Å². The molecule has 0 radical (unpaired) electrons. The summed E-state index contributed by atoms with van der Waals surface area (Å²) in [4.78, 5) is 12.9. The van der Waals surface area contributed by atoms with Crippen molar-refractivity contribution in [3.8, 4) is 0 Å². The number of benzene rings is 2. The zero-order valence-electron chi connectivity index (χ0n) is 17.0. The van der Waals surface area contributed by atoms with Gasteiger partial charge in [0.2, 0.25) is 15.9 Å². The highest BCUT2D eigenvalue weighted by Gasteiger charge is 2.33. The van der Waals surface area contributed by atoms with Gasteiger partial charge in [0.05, 0.1) is 16.9 Å². The van der Waals surface area contributed by atoms with Crippen LogP contribution in [-0.2, 0) is 14.8 Å². The van der Waals surface area contributed by atoms with Crippen LogP contribution in [0.3, 0.4) is 0 Å². The monoisotopic (exact) mass is 418 g/mol.